The molecule has 0 aromatic carbocycles. The predicted molar refractivity (Wildman–Crippen MR) is 86.1 cm³/mol. The number of nitrogens with zero attached hydrogens (tertiary/aromatic N) is 1. The lowest BCUT2D eigenvalue weighted by Gasteiger charge is -2.38. The van der Waals surface area contributed by atoms with E-state index in [1.54, 1.807) is 4.31 Å². The maximum absolute atomic E-state index is 12.7. The van der Waals surface area contributed by atoms with E-state index in [2.05, 4.69) is 11.6 Å². The topological polar surface area (TPSA) is 75.4 Å². The van der Waals surface area contributed by atoms with Gasteiger partial charge in [0.25, 0.3) is 10.2 Å². The molecule has 0 aromatic heterocycles. The zero-order valence-corrected chi connectivity index (χ0v) is 14.1. The summed E-state index contributed by atoms with van der Waals surface area (Å²) in [6.45, 7) is 3.86. The molecule has 0 spiro atoms. The van der Waals surface area contributed by atoms with Gasteiger partial charge in [0, 0.05) is 25.2 Å². The van der Waals surface area contributed by atoms with Crippen LogP contribution in [0.1, 0.15) is 64.7 Å². The van der Waals surface area contributed by atoms with Crippen LogP contribution in [0.15, 0.2) is 0 Å². The fourth-order valence-electron chi connectivity index (χ4n) is 3.49. The molecular formula is C15H31N3O2S. The standard InChI is InChI=1S/C15H31N3O2S/c1-14-7-11-18(12-8-14)21(19,20)17-15(13-16)9-5-3-2-4-6-10-15/h14,17H,2-13,16H2,1H3. The molecule has 1 aliphatic heterocycles. The normalized spacial score (nSPS) is 26.2. The monoisotopic (exact) mass is 317 g/mol. The van der Waals surface area contributed by atoms with Gasteiger partial charge in [-0.1, -0.05) is 39.0 Å². The van der Waals surface area contributed by atoms with Gasteiger partial charge < -0.3 is 5.73 Å². The fraction of sp³-hybridized carbons (Fsp3) is 1.00. The van der Waals surface area contributed by atoms with Gasteiger partial charge in [0.05, 0.1) is 0 Å². The first-order valence-electron chi connectivity index (χ1n) is 8.47. The number of rotatable bonds is 4. The molecule has 0 radical (unpaired) electrons. The predicted octanol–water partition coefficient (Wildman–Crippen LogP) is 1.99. The smallest absolute Gasteiger partial charge is 0.279 e. The Morgan fingerprint density at radius 3 is 2.14 bits per heavy atom. The molecule has 21 heavy (non-hydrogen) atoms. The van der Waals surface area contributed by atoms with E-state index >= 15 is 0 Å². The largest absolute Gasteiger partial charge is 0.329 e. The third-order valence-electron chi connectivity index (χ3n) is 5.13. The van der Waals surface area contributed by atoms with Crippen LogP contribution in [0.4, 0.5) is 0 Å². The molecule has 3 N–H and O–H groups in total. The molecule has 1 saturated carbocycles. The van der Waals surface area contributed by atoms with Crippen molar-refractivity contribution in [2.75, 3.05) is 19.6 Å². The van der Waals surface area contributed by atoms with Crippen LogP contribution in [0.5, 0.6) is 0 Å². The van der Waals surface area contributed by atoms with Crippen molar-refractivity contribution in [2.45, 2.75) is 70.3 Å². The highest BCUT2D eigenvalue weighted by atomic mass is 32.2. The van der Waals surface area contributed by atoms with E-state index in [1.807, 2.05) is 0 Å². The van der Waals surface area contributed by atoms with Crippen molar-refractivity contribution in [2.24, 2.45) is 11.7 Å². The zero-order chi connectivity index (χ0) is 15.3. The van der Waals surface area contributed by atoms with Crippen molar-refractivity contribution < 1.29 is 8.42 Å². The van der Waals surface area contributed by atoms with Gasteiger partial charge in [-0.25, -0.2) is 0 Å². The minimum absolute atomic E-state index is 0.399. The number of nitrogens with one attached hydrogen (secondary N) is 1. The quantitative estimate of drug-likeness (QED) is 0.832. The average Bonchev–Trinajstić information content (AvgIpc) is 2.42. The van der Waals surface area contributed by atoms with Gasteiger partial charge in [-0.15, -0.1) is 0 Å². The molecular weight excluding hydrogens is 286 g/mol. The molecule has 1 saturated heterocycles. The van der Waals surface area contributed by atoms with Crippen molar-refractivity contribution in [3.63, 3.8) is 0 Å². The Morgan fingerprint density at radius 1 is 1.10 bits per heavy atom. The molecule has 2 fully saturated rings. The summed E-state index contributed by atoms with van der Waals surface area (Å²) in [5.74, 6) is 0.626. The van der Waals surface area contributed by atoms with Crippen LogP contribution >= 0.6 is 0 Å². The Balaban J connectivity index is 2.04. The molecule has 0 unspecified atom stereocenters. The van der Waals surface area contributed by atoms with E-state index in [9.17, 15) is 8.42 Å². The van der Waals surface area contributed by atoms with Gasteiger partial charge >= 0.3 is 0 Å². The molecule has 0 aromatic rings. The molecule has 5 nitrogen and oxygen atoms in total. The zero-order valence-electron chi connectivity index (χ0n) is 13.3. The van der Waals surface area contributed by atoms with Crippen LogP contribution in [-0.4, -0.2) is 37.9 Å². The number of nitrogens with two attached hydrogens (primary N) is 1. The maximum Gasteiger partial charge on any atom is 0.279 e. The van der Waals surface area contributed by atoms with Crippen LogP contribution in [0.3, 0.4) is 0 Å². The maximum atomic E-state index is 12.7. The van der Waals surface area contributed by atoms with Gasteiger partial charge in [-0.2, -0.15) is 17.4 Å². The van der Waals surface area contributed by atoms with Crippen LogP contribution < -0.4 is 10.5 Å². The minimum Gasteiger partial charge on any atom is -0.329 e. The van der Waals surface area contributed by atoms with Gasteiger partial charge in [0.2, 0.25) is 0 Å². The van der Waals surface area contributed by atoms with E-state index in [0.29, 0.717) is 25.6 Å². The lowest BCUT2D eigenvalue weighted by molar-refractivity contribution is 0.259. The Labute approximate surface area is 129 Å². The molecule has 1 heterocycles. The summed E-state index contributed by atoms with van der Waals surface area (Å²) in [7, 11) is -3.40. The van der Waals surface area contributed by atoms with Crippen LogP contribution in [0.25, 0.3) is 0 Å². The second kappa shape index (κ2) is 7.40. The van der Waals surface area contributed by atoms with Crippen molar-refractivity contribution in [3.8, 4) is 0 Å². The highest BCUT2D eigenvalue weighted by molar-refractivity contribution is 7.87. The second-order valence-corrected chi connectivity index (χ2v) is 8.61. The van der Waals surface area contributed by atoms with Crippen molar-refractivity contribution in [3.05, 3.63) is 0 Å². The Morgan fingerprint density at radius 2 is 1.62 bits per heavy atom. The van der Waals surface area contributed by atoms with Crippen LogP contribution in [-0.2, 0) is 10.2 Å². The summed E-state index contributed by atoms with van der Waals surface area (Å²) < 4.78 is 30.0. The van der Waals surface area contributed by atoms with Gasteiger partial charge in [0.15, 0.2) is 0 Å². The van der Waals surface area contributed by atoms with Crippen LogP contribution in [0.2, 0.25) is 0 Å². The molecule has 6 heteroatoms. The summed E-state index contributed by atoms with van der Waals surface area (Å²) in [4.78, 5) is 0. The highest BCUT2D eigenvalue weighted by Crippen LogP contribution is 2.27. The van der Waals surface area contributed by atoms with Crippen molar-refractivity contribution in [1.82, 2.24) is 9.03 Å². The van der Waals surface area contributed by atoms with Gasteiger partial charge in [-0.3, -0.25) is 0 Å². The summed E-state index contributed by atoms with van der Waals surface area (Å²) in [6.07, 6.45) is 9.41. The Hall–Kier alpha value is -0.170. The third-order valence-corrected chi connectivity index (χ3v) is 6.87. The minimum atomic E-state index is -3.40. The highest BCUT2D eigenvalue weighted by Gasteiger charge is 2.36. The second-order valence-electron chi connectivity index (χ2n) is 6.94. The van der Waals surface area contributed by atoms with E-state index < -0.39 is 15.7 Å². The SMILES string of the molecule is CC1CCN(S(=O)(=O)NC2(CN)CCCCCCC2)CC1. The number of piperidine rings is 1. The number of hydrogen-bond acceptors (Lipinski definition) is 3. The average molecular weight is 317 g/mol. The summed E-state index contributed by atoms with van der Waals surface area (Å²) in [5, 5.41) is 0. The van der Waals surface area contributed by atoms with Gasteiger partial charge in [-0.05, 0) is 31.6 Å². The van der Waals surface area contributed by atoms with E-state index in [4.69, 9.17) is 5.73 Å². The molecule has 1 aliphatic carbocycles. The summed E-state index contributed by atoms with van der Waals surface area (Å²) in [5.41, 5.74) is 5.54. The van der Waals surface area contributed by atoms with Crippen LogP contribution in [0, 0.1) is 5.92 Å². The molecule has 2 rings (SSSR count). The molecule has 0 atom stereocenters. The van der Waals surface area contributed by atoms with E-state index in [0.717, 1.165) is 38.5 Å². The van der Waals surface area contributed by atoms with Crippen molar-refractivity contribution >= 4 is 10.2 Å². The lowest BCUT2D eigenvalue weighted by Crippen LogP contribution is -2.58. The first-order chi connectivity index (χ1) is 9.97. The molecule has 0 bridgehead atoms. The summed E-state index contributed by atoms with van der Waals surface area (Å²) >= 11 is 0. The van der Waals surface area contributed by atoms with Crippen molar-refractivity contribution in [1.29, 1.82) is 0 Å². The lowest BCUT2D eigenvalue weighted by atomic mass is 9.85. The van der Waals surface area contributed by atoms with Gasteiger partial charge in [0.1, 0.15) is 0 Å². The Bertz CT molecular complexity index is 409. The molecule has 124 valence electrons. The molecule has 2 aliphatic rings. The first-order valence-corrected chi connectivity index (χ1v) is 9.91. The van der Waals surface area contributed by atoms with E-state index in [1.165, 1.54) is 19.3 Å². The number of hydrogen-bond donors (Lipinski definition) is 2. The van der Waals surface area contributed by atoms with E-state index in [-0.39, 0.29) is 0 Å². The fourth-order valence-corrected chi connectivity index (χ4v) is 5.15. The first kappa shape index (κ1) is 17.2. The summed E-state index contributed by atoms with van der Waals surface area (Å²) in [6, 6.07) is 0. The Kier molecular flexibility index (Phi) is 6.05. The third kappa shape index (κ3) is 4.65. The molecule has 0 amide bonds.